The first kappa shape index (κ1) is 19.2. The van der Waals surface area contributed by atoms with Gasteiger partial charge in [-0.2, -0.15) is 0 Å². The van der Waals surface area contributed by atoms with Crippen molar-refractivity contribution in [2.45, 2.75) is 19.4 Å². The van der Waals surface area contributed by atoms with Crippen molar-refractivity contribution in [3.05, 3.63) is 65.7 Å². The minimum atomic E-state index is -4.12. The van der Waals surface area contributed by atoms with E-state index >= 15 is 0 Å². The third-order valence-electron chi connectivity index (χ3n) is 3.03. The van der Waals surface area contributed by atoms with Crippen molar-refractivity contribution in [1.82, 2.24) is 0 Å². The van der Waals surface area contributed by atoms with E-state index < -0.39 is 10.1 Å². The standard InChI is InChI=1S/C16H18O4S.Na/c17-21(18,19)12-4-7-14-8-10-16(11-9-14)20-13-15-5-2-1-3-6-15;/h1-3,5-6,8-11H,4,7,12-13H2,(H,17,18,19);/q;+1/p-1. The molecule has 0 fully saturated rings. The van der Waals surface area contributed by atoms with Crippen molar-refractivity contribution >= 4 is 10.1 Å². The van der Waals surface area contributed by atoms with Gasteiger partial charge in [-0.15, -0.1) is 0 Å². The summed E-state index contributed by atoms with van der Waals surface area (Å²) in [4.78, 5) is 0. The minimum absolute atomic E-state index is 0. The number of benzene rings is 2. The monoisotopic (exact) mass is 328 g/mol. The number of rotatable bonds is 7. The van der Waals surface area contributed by atoms with Crippen molar-refractivity contribution in [3.63, 3.8) is 0 Å². The second-order valence-electron chi connectivity index (χ2n) is 4.78. The molecular weight excluding hydrogens is 311 g/mol. The minimum Gasteiger partial charge on any atom is -0.748 e. The Morgan fingerprint density at radius 2 is 1.55 bits per heavy atom. The van der Waals surface area contributed by atoms with E-state index in [1.54, 1.807) is 0 Å². The normalized spacial score (nSPS) is 10.8. The molecule has 6 heteroatoms. The van der Waals surface area contributed by atoms with Crippen LogP contribution in [0.1, 0.15) is 17.5 Å². The first-order chi connectivity index (χ1) is 10.0. The van der Waals surface area contributed by atoms with E-state index in [1.807, 2.05) is 54.6 Å². The number of aryl methyl sites for hydroxylation is 1. The van der Waals surface area contributed by atoms with Gasteiger partial charge in [-0.25, -0.2) is 8.42 Å². The van der Waals surface area contributed by atoms with Gasteiger partial charge in [0.1, 0.15) is 12.4 Å². The maximum absolute atomic E-state index is 10.5. The van der Waals surface area contributed by atoms with Gasteiger partial charge in [0.25, 0.3) is 0 Å². The fraction of sp³-hybridized carbons (Fsp3) is 0.250. The average molecular weight is 328 g/mol. The zero-order valence-electron chi connectivity index (χ0n) is 12.6. The Labute approximate surface area is 153 Å². The summed E-state index contributed by atoms with van der Waals surface area (Å²) in [5, 5.41) is 0. The van der Waals surface area contributed by atoms with E-state index in [0.717, 1.165) is 16.9 Å². The molecule has 0 bridgehead atoms. The smallest absolute Gasteiger partial charge is 0.748 e. The van der Waals surface area contributed by atoms with Crippen LogP contribution in [0.4, 0.5) is 0 Å². The van der Waals surface area contributed by atoms with Crippen molar-refractivity contribution in [2.24, 2.45) is 0 Å². The third kappa shape index (κ3) is 7.42. The molecule has 0 aliphatic heterocycles. The van der Waals surface area contributed by atoms with E-state index in [1.165, 1.54) is 0 Å². The SMILES string of the molecule is O=S(=O)([O-])CCCc1ccc(OCc2ccccc2)cc1.[Na+]. The van der Waals surface area contributed by atoms with E-state index in [4.69, 9.17) is 4.74 Å². The zero-order valence-corrected chi connectivity index (χ0v) is 15.4. The predicted octanol–water partition coefficient (Wildman–Crippen LogP) is -0.253. The topological polar surface area (TPSA) is 66.4 Å². The first-order valence-electron chi connectivity index (χ1n) is 6.72. The Balaban J connectivity index is 0.00000242. The molecule has 0 spiro atoms. The molecule has 2 aromatic carbocycles. The van der Waals surface area contributed by atoms with Crippen LogP contribution >= 0.6 is 0 Å². The Kier molecular flexibility index (Phi) is 8.14. The summed E-state index contributed by atoms with van der Waals surface area (Å²) >= 11 is 0. The first-order valence-corrected chi connectivity index (χ1v) is 8.30. The van der Waals surface area contributed by atoms with Gasteiger partial charge in [0.05, 0.1) is 10.1 Å². The molecule has 0 saturated carbocycles. The summed E-state index contributed by atoms with van der Waals surface area (Å²) in [6.45, 7) is 0.509. The van der Waals surface area contributed by atoms with Crippen LogP contribution in [-0.2, 0) is 23.1 Å². The van der Waals surface area contributed by atoms with Gasteiger partial charge in [0, 0.05) is 5.75 Å². The van der Waals surface area contributed by atoms with E-state index in [0.29, 0.717) is 19.4 Å². The molecule has 0 radical (unpaired) electrons. The quantitative estimate of drug-likeness (QED) is 0.519. The van der Waals surface area contributed by atoms with Crippen LogP contribution in [0.3, 0.4) is 0 Å². The van der Waals surface area contributed by atoms with Gasteiger partial charge in [-0.1, -0.05) is 42.5 Å². The second-order valence-corrected chi connectivity index (χ2v) is 6.31. The fourth-order valence-corrected chi connectivity index (χ4v) is 2.44. The molecule has 4 nitrogen and oxygen atoms in total. The molecule has 2 rings (SSSR count). The molecule has 0 saturated heterocycles. The van der Waals surface area contributed by atoms with E-state index in [9.17, 15) is 13.0 Å². The van der Waals surface area contributed by atoms with Gasteiger partial charge < -0.3 is 9.29 Å². The molecule has 0 atom stereocenters. The molecule has 0 aliphatic rings. The van der Waals surface area contributed by atoms with Crippen LogP contribution < -0.4 is 34.3 Å². The summed E-state index contributed by atoms with van der Waals surface area (Å²) in [6, 6.07) is 17.4. The van der Waals surface area contributed by atoms with Crippen LogP contribution in [0.2, 0.25) is 0 Å². The number of ether oxygens (including phenoxy) is 1. The van der Waals surface area contributed by atoms with Crippen LogP contribution in [0.25, 0.3) is 0 Å². The summed E-state index contributed by atoms with van der Waals surface area (Å²) in [5.74, 6) is 0.443. The Morgan fingerprint density at radius 1 is 0.909 bits per heavy atom. The fourth-order valence-electron chi connectivity index (χ4n) is 1.95. The Morgan fingerprint density at radius 3 is 2.14 bits per heavy atom. The van der Waals surface area contributed by atoms with E-state index in [2.05, 4.69) is 0 Å². The predicted molar refractivity (Wildman–Crippen MR) is 80.1 cm³/mol. The Bertz CT molecular complexity index is 654. The van der Waals surface area contributed by atoms with Crippen molar-refractivity contribution < 1.29 is 47.3 Å². The maximum atomic E-state index is 10.5. The molecule has 0 amide bonds. The largest absolute Gasteiger partial charge is 1.00 e. The molecule has 0 aromatic heterocycles. The average Bonchev–Trinajstić information content (AvgIpc) is 2.46. The molecule has 0 unspecified atom stereocenters. The van der Waals surface area contributed by atoms with Crippen LogP contribution in [-0.4, -0.2) is 18.7 Å². The van der Waals surface area contributed by atoms with Gasteiger partial charge >= 0.3 is 29.6 Å². The van der Waals surface area contributed by atoms with Crippen LogP contribution in [0.15, 0.2) is 54.6 Å². The second kappa shape index (κ2) is 9.33. The molecule has 0 aliphatic carbocycles. The van der Waals surface area contributed by atoms with Crippen LogP contribution in [0.5, 0.6) is 5.75 Å². The van der Waals surface area contributed by atoms with Crippen molar-refractivity contribution in [3.8, 4) is 5.75 Å². The summed E-state index contributed by atoms with van der Waals surface area (Å²) in [5.41, 5.74) is 2.09. The Hall–Kier alpha value is -0.850. The molecule has 22 heavy (non-hydrogen) atoms. The van der Waals surface area contributed by atoms with Crippen molar-refractivity contribution in [2.75, 3.05) is 5.75 Å². The molecule has 0 heterocycles. The number of hydrogen-bond acceptors (Lipinski definition) is 4. The van der Waals surface area contributed by atoms with Gasteiger partial charge in [-0.3, -0.25) is 0 Å². The van der Waals surface area contributed by atoms with Gasteiger partial charge in [-0.05, 0) is 36.1 Å². The third-order valence-corrected chi connectivity index (χ3v) is 3.82. The molecular formula is C16H17NaO4S. The van der Waals surface area contributed by atoms with E-state index in [-0.39, 0.29) is 35.3 Å². The van der Waals surface area contributed by atoms with Crippen molar-refractivity contribution in [1.29, 1.82) is 0 Å². The van der Waals surface area contributed by atoms with Gasteiger partial charge in [0.15, 0.2) is 0 Å². The zero-order chi connectivity index (χ0) is 15.1. The van der Waals surface area contributed by atoms with Gasteiger partial charge in [0.2, 0.25) is 0 Å². The summed E-state index contributed by atoms with van der Waals surface area (Å²) < 4.78 is 37.2. The molecule has 2 aromatic rings. The molecule has 112 valence electrons. The van der Waals surface area contributed by atoms with Crippen LogP contribution in [0, 0.1) is 0 Å². The maximum Gasteiger partial charge on any atom is 1.00 e. The summed E-state index contributed by atoms with van der Waals surface area (Å²) in [6.07, 6.45) is 0.913. The summed E-state index contributed by atoms with van der Waals surface area (Å²) in [7, 11) is -4.12. The molecule has 0 N–H and O–H groups in total. The number of hydrogen-bond donors (Lipinski definition) is 0.